The number of halogens is 5. The van der Waals surface area contributed by atoms with E-state index in [1.54, 1.807) is 0 Å². The smallest absolute Gasteiger partial charge is 0.193 e. The number of rotatable bonds is 1. The van der Waals surface area contributed by atoms with Gasteiger partial charge >= 0.3 is 0 Å². The molecule has 0 radical (unpaired) electrons. The molecule has 1 N–H and O–H groups in total. The van der Waals surface area contributed by atoms with Crippen molar-refractivity contribution in [3.05, 3.63) is 23.1 Å². The van der Waals surface area contributed by atoms with Crippen molar-refractivity contribution in [1.82, 2.24) is 0 Å². The van der Waals surface area contributed by atoms with Gasteiger partial charge in [0.2, 0.25) is 0 Å². The van der Waals surface area contributed by atoms with Crippen LogP contribution in [0.2, 0.25) is 0 Å². The molecule has 1 aliphatic carbocycles. The predicted molar refractivity (Wildman–Crippen MR) is 34.3 cm³/mol. The predicted octanol–water partition coefficient (Wildman–Crippen LogP) is 2.04. The molecular weight excluding hydrogens is 195 g/mol. The Balaban J connectivity index is 3.19. The van der Waals surface area contributed by atoms with E-state index in [-0.39, 0.29) is 0 Å². The Bertz CT molecular complexity index is 283. The number of hydrogen-bond donors (Lipinski definition) is 1. The summed E-state index contributed by atoms with van der Waals surface area (Å²) in [7, 11) is 0. The molecule has 74 valence electrons. The minimum atomic E-state index is -2.87. The molecule has 1 rings (SSSR count). The van der Waals surface area contributed by atoms with E-state index >= 15 is 0 Å². The minimum Gasteiger partial charge on any atom is -0.392 e. The van der Waals surface area contributed by atoms with Gasteiger partial charge in [0.15, 0.2) is 29.8 Å². The summed E-state index contributed by atoms with van der Waals surface area (Å²) in [5.41, 5.74) is -1.11. The van der Waals surface area contributed by atoms with Crippen molar-refractivity contribution in [2.24, 2.45) is 0 Å². The van der Waals surface area contributed by atoms with E-state index in [0.29, 0.717) is 0 Å². The molecule has 0 amide bonds. The van der Waals surface area contributed by atoms with E-state index in [2.05, 4.69) is 0 Å². The van der Waals surface area contributed by atoms with Crippen LogP contribution >= 0.6 is 0 Å². The highest BCUT2D eigenvalue weighted by Crippen LogP contribution is 2.36. The molecule has 0 bridgehead atoms. The van der Waals surface area contributed by atoms with Crippen molar-refractivity contribution >= 4 is 0 Å². The molecule has 0 saturated heterocycles. The van der Waals surface area contributed by atoms with E-state index < -0.39 is 42.0 Å². The Hall–Kier alpha value is -0.910. The third-order valence-corrected chi connectivity index (χ3v) is 1.69. The van der Waals surface area contributed by atoms with E-state index in [4.69, 9.17) is 5.11 Å². The van der Waals surface area contributed by atoms with Gasteiger partial charge in [-0.1, -0.05) is 0 Å². The average Bonchev–Trinajstić information content (AvgIpc) is 2.13. The van der Waals surface area contributed by atoms with Crippen LogP contribution in [0, 0.1) is 0 Å². The molecule has 0 heterocycles. The molecule has 1 aliphatic rings. The molecular formula is C7H5F5O. The quantitative estimate of drug-likeness (QED) is 0.642. The molecule has 1 nitrogen and oxygen atoms in total. The molecule has 0 fully saturated rings. The summed E-state index contributed by atoms with van der Waals surface area (Å²) in [5, 5.41) is 8.34. The summed E-state index contributed by atoms with van der Waals surface area (Å²) in [5.74, 6) is -6.05. The summed E-state index contributed by atoms with van der Waals surface area (Å²) in [6.07, 6.45) is -5.54. The van der Waals surface area contributed by atoms with Crippen LogP contribution in [0.4, 0.5) is 22.0 Å². The van der Waals surface area contributed by atoms with Crippen LogP contribution < -0.4 is 0 Å². The molecule has 2 atom stereocenters. The lowest BCUT2D eigenvalue weighted by Crippen LogP contribution is -2.27. The molecule has 0 aromatic carbocycles. The maximum Gasteiger partial charge on any atom is 0.193 e. The van der Waals surface area contributed by atoms with Gasteiger partial charge in [0, 0.05) is 5.57 Å². The molecule has 0 saturated carbocycles. The topological polar surface area (TPSA) is 20.2 Å². The van der Waals surface area contributed by atoms with Crippen molar-refractivity contribution in [1.29, 1.82) is 0 Å². The summed E-state index contributed by atoms with van der Waals surface area (Å²) in [4.78, 5) is 0. The fourth-order valence-corrected chi connectivity index (χ4v) is 0.950. The first-order valence-corrected chi connectivity index (χ1v) is 3.33. The van der Waals surface area contributed by atoms with Gasteiger partial charge in [-0.2, -0.15) is 0 Å². The van der Waals surface area contributed by atoms with Gasteiger partial charge < -0.3 is 5.11 Å². The van der Waals surface area contributed by atoms with Gasteiger partial charge in [-0.25, -0.2) is 22.0 Å². The van der Waals surface area contributed by atoms with E-state index in [0.717, 1.165) is 0 Å². The van der Waals surface area contributed by atoms with Crippen molar-refractivity contribution < 1.29 is 27.1 Å². The molecule has 0 aliphatic heterocycles. The van der Waals surface area contributed by atoms with Gasteiger partial charge in [-0.3, -0.25) is 0 Å². The summed E-state index contributed by atoms with van der Waals surface area (Å²) >= 11 is 0. The van der Waals surface area contributed by atoms with Gasteiger partial charge in [0.1, 0.15) is 0 Å². The number of allylic oxidation sites excluding steroid dienone is 3. The molecule has 0 aromatic heterocycles. The first-order chi connectivity index (χ1) is 6.00. The SMILES string of the molecule is OCC1=C(F)C(F)=C(F)C(F)C1F. The van der Waals surface area contributed by atoms with Crippen molar-refractivity contribution in [3.8, 4) is 0 Å². The van der Waals surface area contributed by atoms with Gasteiger partial charge in [0.05, 0.1) is 6.61 Å². The lowest BCUT2D eigenvalue weighted by atomic mass is 9.99. The van der Waals surface area contributed by atoms with Crippen molar-refractivity contribution in [2.45, 2.75) is 12.3 Å². The highest BCUT2D eigenvalue weighted by molar-refractivity contribution is 5.37. The highest BCUT2D eigenvalue weighted by atomic mass is 19.2. The van der Waals surface area contributed by atoms with Gasteiger partial charge in [-0.05, 0) is 0 Å². The van der Waals surface area contributed by atoms with Crippen molar-refractivity contribution in [3.63, 3.8) is 0 Å². The van der Waals surface area contributed by atoms with Gasteiger partial charge in [0.25, 0.3) is 0 Å². The first-order valence-electron chi connectivity index (χ1n) is 3.33. The largest absolute Gasteiger partial charge is 0.392 e. The normalized spacial score (nSPS) is 30.0. The lowest BCUT2D eigenvalue weighted by Gasteiger charge is -2.19. The standard InChI is InChI=1S/C7H5F5O/c8-3-2(1-13)4(9)6(11)7(12)5(3)10/h3,5,13H,1H2. The van der Waals surface area contributed by atoms with Crippen LogP contribution in [-0.4, -0.2) is 24.1 Å². The van der Waals surface area contributed by atoms with Crippen LogP contribution in [0.3, 0.4) is 0 Å². The zero-order valence-corrected chi connectivity index (χ0v) is 6.20. The van der Waals surface area contributed by atoms with Crippen LogP contribution in [-0.2, 0) is 0 Å². The molecule has 2 unspecified atom stereocenters. The Morgan fingerprint density at radius 2 is 1.54 bits per heavy atom. The fraction of sp³-hybridized carbons (Fsp3) is 0.429. The van der Waals surface area contributed by atoms with Crippen molar-refractivity contribution in [2.75, 3.05) is 6.61 Å². The maximum atomic E-state index is 12.6. The number of aliphatic hydroxyl groups is 1. The molecule has 0 aromatic rings. The third kappa shape index (κ3) is 1.46. The zero-order valence-electron chi connectivity index (χ0n) is 6.20. The second-order valence-electron chi connectivity index (χ2n) is 2.46. The monoisotopic (exact) mass is 200 g/mol. The average molecular weight is 200 g/mol. The Kier molecular flexibility index (Phi) is 2.70. The summed E-state index contributed by atoms with van der Waals surface area (Å²) < 4.78 is 62.4. The maximum absolute atomic E-state index is 12.6. The lowest BCUT2D eigenvalue weighted by molar-refractivity contribution is 0.164. The Labute approximate surface area is 70.2 Å². The summed E-state index contributed by atoms with van der Waals surface area (Å²) in [6.45, 7) is -1.19. The Morgan fingerprint density at radius 3 is 2.00 bits per heavy atom. The Morgan fingerprint density at radius 1 is 1.00 bits per heavy atom. The zero-order chi connectivity index (χ0) is 10.2. The fourth-order valence-electron chi connectivity index (χ4n) is 0.950. The molecule has 6 heteroatoms. The minimum absolute atomic E-state index is 1.11. The molecule has 13 heavy (non-hydrogen) atoms. The summed E-state index contributed by atoms with van der Waals surface area (Å²) in [6, 6.07) is 0. The van der Waals surface area contributed by atoms with E-state index in [1.807, 2.05) is 0 Å². The van der Waals surface area contributed by atoms with E-state index in [9.17, 15) is 22.0 Å². The molecule has 0 spiro atoms. The second kappa shape index (κ2) is 3.45. The van der Waals surface area contributed by atoms with Crippen LogP contribution in [0.5, 0.6) is 0 Å². The van der Waals surface area contributed by atoms with Crippen LogP contribution in [0.15, 0.2) is 23.1 Å². The highest BCUT2D eigenvalue weighted by Gasteiger charge is 2.39. The third-order valence-electron chi connectivity index (χ3n) is 1.69. The number of alkyl halides is 2. The van der Waals surface area contributed by atoms with Gasteiger partial charge in [-0.15, -0.1) is 0 Å². The van der Waals surface area contributed by atoms with Crippen LogP contribution in [0.1, 0.15) is 0 Å². The number of aliphatic hydroxyl groups excluding tert-OH is 1. The second-order valence-corrected chi connectivity index (χ2v) is 2.46. The van der Waals surface area contributed by atoms with Crippen LogP contribution in [0.25, 0.3) is 0 Å². The first kappa shape index (κ1) is 10.2. The number of hydrogen-bond acceptors (Lipinski definition) is 1. The van der Waals surface area contributed by atoms with E-state index in [1.165, 1.54) is 0 Å².